The average Bonchev–Trinajstić information content (AvgIpc) is 2.97. The van der Waals surface area contributed by atoms with Gasteiger partial charge in [0.15, 0.2) is 0 Å². The molecular weight excluding hydrogens is 572 g/mol. The van der Waals surface area contributed by atoms with Gasteiger partial charge in [0, 0.05) is 28.3 Å². The summed E-state index contributed by atoms with van der Waals surface area (Å²) in [7, 11) is 1.36. The van der Waals surface area contributed by atoms with Crippen LogP contribution >= 0.6 is 0 Å². The minimum atomic E-state index is -5.35. The number of amides is 2. The topological polar surface area (TPSA) is 137 Å². The second-order valence-electron chi connectivity index (χ2n) is 9.64. The van der Waals surface area contributed by atoms with E-state index in [1.54, 1.807) is 19.1 Å². The Morgan fingerprint density at radius 1 is 1.09 bits per heavy atom. The van der Waals surface area contributed by atoms with Crippen molar-refractivity contribution in [2.75, 3.05) is 20.3 Å². The smallest absolute Gasteiger partial charge is 0.424 e. The number of nitrogens with two attached hydrogens (primary N) is 1. The summed E-state index contributed by atoms with van der Waals surface area (Å²) in [5.74, 6) is -2.25. The number of hydrogen-bond donors (Lipinski definition) is 3. The van der Waals surface area contributed by atoms with Gasteiger partial charge in [-0.1, -0.05) is 13.0 Å². The highest BCUT2D eigenvalue weighted by Gasteiger charge is 2.56. The highest BCUT2D eigenvalue weighted by molar-refractivity contribution is 5.99. The van der Waals surface area contributed by atoms with Gasteiger partial charge in [-0.3, -0.25) is 14.6 Å². The third kappa shape index (κ3) is 6.67. The molecule has 0 saturated heterocycles. The van der Waals surface area contributed by atoms with E-state index in [9.17, 15) is 32.3 Å². The number of aliphatic hydroxyl groups is 1. The predicted octanol–water partition coefficient (Wildman–Crippen LogP) is 4.44. The minimum Gasteiger partial charge on any atom is -0.494 e. The molecular formula is C30H28F4N4O5. The number of nitrogens with zero attached hydrogens (tertiary/aromatic N) is 2. The second-order valence-corrected chi connectivity index (χ2v) is 9.64. The molecule has 0 unspecified atom stereocenters. The second kappa shape index (κ2) is 12.6. The molecule has 2 amide bonds. The zero-order chi connectivity index (χ0) is 31.4. The first kappa shape index (κ1) is 31.2. The zero-order valence-electron chi connectivity index (χ0n) is 23.2. The van der Waals surface area contributed by atoms with E-state index in [0.717, 1.165) is 18.2 Å². The summed E-state index contributed by atoms with van der Waals surface area (Å²) in [5, 5.41) is 13.8. The van der Waals surface area contributed by atoms with Crippen molar-refractivity contribution in [1.82, 2.24) is 15.3 Å². The van der Waals surface area contributed by atoms with Gasteiger partial charge in [-0.25, -0.2) is 9.37 Å². The number of hydrogen-bond acceptors (Lipinski definition) is 7. The number of fused-ring (bicyclic) bond motifs is 1. The number of aromatic nitrogens is 2. The Bertz CT molecular complexity index is 1650. The van der Waals surface area contributed by atoms with Crippen LogP contribution in [0.2, 0.25) is 0 Å². The molecule has 0 bridgehead atoms. The lowest BCUT2D eigenvalue weighted by atomic mass is 9.93. The summed E-state index contributed by atoms with van der Waals surface area (Å²) < 4.78 is 68.6. The first-order chi connectivity index (χ1) is 20.4. The lowest BCUT2D eigenvalue weighted by Crippen LogP contribution is -2.51. The van der Waals surface area contributed by atoms with Gasteiger partial charge in [-0.05, 0) is 55.0 Å². The number of alkyl halides is 3. The van der Waals surface area contributed by atoms with Crippen molar-refractivity contribution in [1.29, 1.82) is 0 Å². The fourth-order valence-electron chi connectivity index (χ4n) is 4.38. The van der Waals surface area contributed by atoms with Gasteiger partial charge >= 0.3 is 6.18 Å². The van der Waals surface area contributed by atoms with Crippen LogP contribution in [-0.4, -0.2) is 53.3 Å². The number of halogens is 4. The van der Waals surface area contributed by atoms with Crippen molar-refractivity contribution in [2.45, 2.75) is 31.5 Å². The maximum atomic E-state index is 14.6. The van der Waals surface area contributed by atoms with Crippen LogP contribution in [0.4, 0.5) is 17.6 Å². The summed E-state index contributed by atoms with van der Waals surface area (Å²) in [4.78, 5) is 33.3. The van der Waals surface area contributed by atoms with Crippen LogP contribution < -0.4 is 20.5 Å². The third-order valence-corrected chi connectivity index (χ3v) is 6.53. The van der Waals surface area contributed by atoms with Crippen LogP contribution in [0, 0.1) is 5.82 Å². The minimum absolute atomic E-state index is 0.0403. The highest BCUT2D eigenvalue weighted by Crippen LogP contribution is 2.42. The third-order valence-electron chi connectivity index (χ3n) is 6.53. The molecule has 0 fully saturated rings. The van der Waals surface area contributed by atoms with E-state index in [4.69, 9.17) is 15.2 Å². The molecule has 226 valence electrons. The van der Waals surface area contributed by atoms with E-state index in [0.29, 0.717) is 17.3 Å². The van der Waals surface area contributed by atoms with E-state index in [1.807, 2.05) is 0 Å². The van der Waals surface area contributed by atoms with Gasteiger partial charge in [-0.15, -0.1) is 0 Å². The van der Waals surface area contributed by atoms with E-state index >= 15 is 0 Å². The molecule has 2 heterocycles. The van der Waals surface area contributed by atoms with E-state index in [-0.39, 0.29) is 40.5 Å². The zero-order valence-corrected chi connectivity index (χ0v) is 23.2. The number of primary amides is 1. The standard InChI is InChI=1S/C30H28F4N4O5/c1-3-11-43-27-19(15-24(35)39)14-23(38-26(27)17-6-8-21(31)9-7-17)29(41,30(32,33)34)16-37-28(40)20-12-18-5-4-10-36-25(18)22(13-20)42-2/h4-10,12-14,41H,3,11,15-16H2,1-2H3,(H2,35,39)(H,37,40)/t29-/m0/s1. The molecule has 0 spiro atoms. The monoisotopic (exact) mass is 600 g/mol. The lowest BCUT2D eigenvalue weighted by molar-refractivity contribution is -0.265. The number of carbonyl (C=O) groups is 2. The number of methoxy groups -OCH3 is 1. The maximum Gasteiger partial charge on any atom is 0.424 e. The van der Waals surface area contributed by atoms with Crippen LogP contribution in [0.15, 0.2) is 60.8 Å². The van der Waals surface area contributed by atoms with Gasteiger partial charge < -0.3 is 25.6 Å². The first-order valence-electron chi connectivity index (χ1n) is 13.1. The van der Waals surface area contributed by atoms with Crippen LogP contribution in [-0.2, 0) is 16.8 Å². The summed E-state index contributed by atoms with van der Waals surface area (Å²) in [6, 6.07) is 11.6. The molecule has 4 rings (SSSR count). The Morgan fingerprint density at radius 2 is 1.81 bits per heavy atom. The molecule has 2 aromatic carbocycles. The average molecular weight is 601 g/mol. The lowest BCUT2D eigenvalue weighted by Gasteiger charge is -2.31. The van der Waals surface area contributed by atoms with E-state index < -0.39 is 48.1 Å². The van der Waals surface area contributed by atoms with E-state index in [1.165, 1.54) is 37.6 Å². The number of nitrogens with one attached hydrogen (secondary N) is 1. The van der Waals surface area contributed by atoms with Gasteiger partial charge in [0.05, 0.1) is 32.4 Å². The van der Waals surface area contributed by atoms with Gasteiger partial charge in [0.25, 0.3) is 5.91 Å². The van der Waals surface area contributed by atoms with Crippen LogP contribution in [0.25, 0.3) is 22.2 Å². The summed E-state index contributed by atoms with van der Waals surface area (Å²) in [6.07, 6.45) is -3.87. The summed E-state index contributed by atoms with van der Waals surface area (Å²) in [6.45, 7) is 0.564. The Kier molecular flexibility index (Phi) is 9.14. The van der Waals surface area contributed by atoms with Crippen molar-refractivity contribution in [3.8, 4) is 22.8 Å². The number of rotatable bonds is 11. The van der Waals surface area contributed by atoms with Crippen molar-refractivity contribution in [3.63, 3.8) is 0 Å². The number of ether oxygens (including phenoxy) is 2. The van der Waals surface area contributed by atoms with Crippen molar-refractivity contribution in [2.24, 2.45) is 5.73 Å². The molecule has 43 heavy (non-hydrogen) atoms. The first-order valence-corrected chi connectivity index (χ1v) is 13.1. The molecule has 0 saturated carbocycles. The van der Waals surface area contributed by atoms with Gasteiger partial charge in [0.1, 0.15) is 28.5 Å². The molecule has 2 aromatic heterocycles. The van der Waals surface area contributed by atoms with Crippen LogP contribution in [0.3, 0.4) is 0 Å². The fraction of sp³-hybridized carbons (Fsp3) is 0.267. The Balaban J connectivity index is 1.80. The maximum absolute atomic E-state index is 14.6. The summed E-state index contributed by atoms with van der Waals surface area (Å²) in [5.41, 5.74) is 1.03. The molecule has 13 heteroatoms. The Labute approximate surface area is 243 Å². The van der Waals surface area contributed by atoms with Gasteiger partial charge in [0.2, 0.25) is 11.5 Å². The highest BCUT2D eigenvalue weighted by atomic mass is 19.4. The molecule has 1 atom stereocenters. The van der Waals surface area contributed by atoms with E-state index in [2.05, 4.69) is 15.3 Å². The molecule has 0 aliphatic heterocycles. The van der Waals surface area contributed by atoms with Crippen molar-refractivity contribution < 1.29 is 41.7 Å². The number of pyridine rings is 2. The Hall–Kier alpha value is -4.78. The SMILES string of the molecule is CCCOc1c(CC(N)=O)cc([C@@](O)(CNC(=O)c2cc(OC)c3ncccc3c2)C(F)(F)F)nc1-c1ccc(F)cc1. The fourth-order valence-corrected chi connectivity index (χ4v) is 4.38. The molecule has 0 radical (unpaired) electrons. The molecule has 0 aliphatic rings. The normalized spacial score (nSPS) is 12.9. The quantitative estimate of drug-likeness (QED) is 0.217. The van der Waals surface area contributed by atoms with Crippen molar-refractivity contribution >= 4 is 22.7 Å². The molecule has 4 N–H and O–H groups in total. The largest absolute Gasteiger partial charge is 0.494 e. The number of benzene rings is 2. The predicted molar refractivity (Wildman–Crippen MR) is 149 cm³/mol. The molecule has 9 nitrogen and oxygen atoms in total. The van der Waals surface area contributed by atoms with Gasteiger partial charge in [-0.2, -0.15) is 13.2 Å². The Morgan fingerprint density at radius 3 is 2.44 bits per heavy atom. The van der Waals surface area contributed by atoms with Crippen molar-refractivity contribution in [3.05, 3.63) is 83.4 Å². The van der Waals surface area contributed by atoms with Crippen LogP contribution in [0.5, 0.6) is 11.5 Å². The molecule has 0 aliphatic carbocycles. The van der Waals surface area contributed by atoms with Crippen LogP contribution in [0.1, 0.15) is 35.0 Å². The summed E-state index contributed by atoms with van der Waals surface area (Å²) >= 11 is 0. The number of carbonyl (C=O) groups excluding carboxylic acids is 2. The molecule has 4 aromatic rings.